The zero-order valence-electron chi connectivity index (χ0n) is 11.0. The second-order valence-corrected chi connectivity index (χ2v) is 4.74. The molecule has 0 saturated carbocycles. The third-order valence-electron chi connectivity index (χ3n) is 2.77. The van der Waals surface area contributed by atoms with E-state index in [1.165, 1.54) is 13.3 Å². The van der Waals surface area contributed by atoms with E-state index in [0.717, 1.165) is 38.6 Å². The van der Waals surface area contributed by atoms with Crippen molar-refractivity contribution in [3.8, 4) is 0 Å². The van der Waals surface area contributed by atoms with Gasteiger partial charge in [0.2, 0.25) is 5.91 Å². The topological polar surface area (TPSA) is 66.4 Å². The monoisotopic (exact) mass is 243 g/mol. The first kappa shape index (κ1) is 15.9. The average molecular weight is 243 g/mol. The highest BCUT2D eigenvalue weighted by atomic mass is 16.4. The third-order valence-corrected chi connectivity index (χ3v) is 2.77. The van der Waals surface area contributed by atoms with Crippen molar-refractivity contribution in [1.29, 1.82) is 0 Å². The predicted octanol–water partition coefficient (Wildman–Crippen LogP) is 2.57. The maximum Gasteiger partial charge on any atom is 0.303 e. The van der Waals surface area contributed by atoms with Crippen molar-refractivity contribution in [3.05, 3.63) is 0 Å². The van der Waals surface area contributed by atoms with Crippen LogP contribution in [-0.2, 0) is 9.59 Å². The molecule has 17 heavy (non-hydrogen) atoms. The molecule has 0 aromatic rings. The Bertz CT molecular complexity index is 229. The summed E-state index contributed by atoms with van der Waals surface area (Å²) in [4.78, 5) is 21.0. The molecule has 0 saturated heterocycles. The SMILES string of the molecule is CC(=O)NCCCCCCC[C@@H](C)CC(=O)O. The van der Waals surface area contributed by atoms with Crippen molar-refractivity contribution in [2.75, 3.05) is 6.54 Å². The van der Waals surface area contributed by atoms with Crippen LogP contribution >= 0.6 is 0 Å². The number of nitrogens with one attached hydrogen (secondary N) is 1. The maximum absolute atomic E-state index is 10.6. The molecule has 4 nitrogen and oxygen atoms in total. The number of aliphatic carboxylic acids is 1. The van der Waals surface area contributed by atoms with Gasteiger partial charge in [0.25, 0.3) is 0 Å². The zero-order chi connectivity index (χ0) is 13.1. The van der Waals surface area contributed by atoms with Crippen LogP contribution in [-0.4, -0.2) is 23.5 Å². The van der Waals surface area contributed by atoms with Gasteiger partial charge < -0.3 is 10.4 Å². The largest absolute Gasteiger partial charge is 0.481 e. The van der Waals surface area contributed by atoms with Crippen molar-refractivity contribution < 1.29 is 14.7 Å². The molecule has 1 atom stereocenters. The number of hydrogen-bond donors (Lipinski definition) is 2. The van der Waals surface area contributed by atoms with Gasteiger partial charge in [0.15, 0.2) is 0 Å². The fraction of sp³-hybridized carbons (Fsp3) is 0.846. The third kappa shape index (κ3) is 12.9. The summed E-state index contributed by atoms with van der Waals surface area (Å²) >= 11 is 0. The van der Waals surface area contributed by atoms with E-state index < -0.39 is 5.97 Å². The molecule has 0 heterocycles. The van der Waals surface area contributed by atoms with Gasteiger partial charge in [-0.15, -0.1) is 0 Å². The fourth-order valence-corrected chi connectivity index (χ4v) is 1.81. The molecular weight excluding hydrogens is 218 g/mol. The Labute approximate surface area is 104 Å². The lowest BCUT2D eigenvalue weighted by molar-refractivity contribution is -0.138. The summed E-state index contributed by atoms with van der Waals surface area (Å²) in [5.41, 5.74) is 0. The Morgan fingerprint density at radius 1 is 1.12 bits per heavy atom. The molecule has 0 unspecified atom stereocenters. The number of carbonyl (C=O) groups excluding carboxylic acids is 1. The lowest BCUT2D eigenvalue weighted by Gasteiger charge is -2.07. The van der Waals surface area contributed by atoms with Gasteiger partial charge in [-0.25, -0.2) is 0 Å². The van der Waals surface area contributed by atoms with E-state index in [0.29, 0.717) is 0 Å². The second kappa shape index (κ2) is 10.1. The van der Waals surface area contributed by atoms with Crippen LogP contribution in [0.4, 0.5) is 0 Å². The van der Waals surface area contributed by atoms with Crippen LogP contribution in [0.25, 0.3) is 0 Å². The Morgan fingerprint density at radius 3 is 2.29 bits per heavy atom. The highest BCUT2D eigenvalue weighted by Crippen LogP contribution is 2.13. The Morgan fingerprint density at radius 2 is 1.71 bits per heavy atom. The molecular formula is C13H25NO3. The first-order valence-corrected chi connectivity index (χ1v) is 6.48. The van der Waals surface area contributed by atoms with E-state index in [1.807, 2.05) is 6.92 Å². The van der Waals surface area contributed by atoms with E-state index in [1.54, 1.807) is 0 Å². The molecule has 0 radical (unpaired) electrons. The summed E-state index contributed by atoms with van der Waals surface area (Å²) < 4.78 is 0. The summed E-state index contributed by atoms with van der Waals surface area (Å²) in [6.45, 7) is 4.29. The van der Waals surface area contributed by atoms with Crippen LogP contribution in [0.3, 0.4) is 0 Å². The van der Waals surface area contributed by atoms with Gasteiger partial charge in [-0.3, -0.25) is 9.59 Å². The number of amides is 1. The predicted molar refractivity (Wildman–Crippen MR) is 67.8 cm³/mol. The molecule has 100 valence electrons. The Hall–Kier alpha value is -1.06. The van der Waals surface area contributed by atoms with E-state index in [9.17, 15) is 9.59 Å². The van der Waals surface area contributed by atoms with Crippen LogP contribution in [0.15, 0.2) is 0 Å². The summed E-state index contributed by atoms with van der Waals surface area (Å²) in [6, 6.07) is 0. The van der Waals surface area contributed by atoms with Crippen LogP contribution in [0.5, 0.6) is 0 Å². The molecule has 0 aromatic heterocycles. The van der Waals surface area contributed by atoms with Gasteiger partial charge >= 0.3 is 5.97 Å². The quantitative estimate of drug-likeness (QED) is 0.579. The number of rotatable bonds is 10. The van der Waals surface area contributed by atoms with E-state index >= 15 is 0 Å². The molecule has 4 heteroatoms. The van der Waals surface area contributed by atoms with Crippen molar-refractivity contribution >= 4 is 11.9 Å². The molecule has 0 bridgehead atoms. The fourth-order valence-electron chi connectivity index (χ4n) is 1.81. The second-order valence-electron chi connectivity index (χ2n) is 4.74. The minimum atomic E-state index is -0.701. The van der Waals surface area contributed by atoms with Gasteiger partial charge in [-0.1, -0.05) is 39.0 Å². The molecule has 0 rings (SSSR count). The summed E-state index contributed by atoms with van der Waals surface area (Å²) in [7, 11) is 0. The average Bonchev–Trinajstić information content (AvgIpc) is 2.20. The molecule has 0 aliphatic carbocycles. The molecule has 0 aromatic carbocycles. The van der Waals surface area contributed by atoms with Crippen LogP contribution < -0.4 is 5.32 Å². The maximum atomic E-state index is 10.6. The van der Waals surface area contributed by atoms with Gasteiger partial charge in [-0.05, 0) is 12.3 Å². The molecule has 2 N–H and O–H groups in total. The number of carbonyl (C=O) groups is 2. The van der Waals surface area contributed by atoms with Crippen molar-refractivity contribution in [3.63, 3.8) is 0 Å². The van der Waals surface area contributed by atoms with E-state index in [-0.39, 0.29) is 18.2 Å². The normalized spacial score (nSPS) is 12.1. The first-order chi connectivity index (χ1) is 8.02. The number of unbranched alkanes of at least 4 members (excludes halogenated alkanes) is 4. The standard InChI is InChI=1S/C13H25NO3/c1-11(10-13(16)17)8-6-4-3-5-7-9-14-12(2)15/h11H,3-10H2,1-2H3,(H,14,15)(H,16,17)/t11-/m1/s1. The van der Waals surface area contributed by atoms with Crippen LogP contribution in [0.1, 0.15) is 58.8 Å². The van der Waals surface area contributed by atoms with Crippen molar-refractivity contribution in [2.45, 2.75) is 58.8 Å². The molecule has 1 amide bonds. The van der Waals surface area contributed by atoms with Crippen molar-refractivity contribution in [2.24, 2.45) is 5.92 Å². The Balaban J connectivity index is 3.18. The lowest BCUT2D eigenvalue weighted by Crippen LogP contribution is -2.20. The highest BCUT2D eigenvalue weighted by Gasteiger charge is 2.06. The summed E-state index contributed by atoms with van der Waals surface area (Å²) in [5, 5.41) is 11.4. The molecule has 0 spiro atoms. The van der Waals surface area contributed by atoms with E-state index in [4.69, 9.17) is 5.11 Å². The van der Waals surface area contributed by atoms with Gasteiger partial charge in [0, 0.05) is 19.9 Å². The first-order valence-electron chi connectivity index (χ1n) is 6.48. The number of hydrogen-bond acceptors (Lipinski definition) is 2. The van der Waals surface area contributed by atoms with Crippen molar-refractivity contribution in [1.82, 2.24) is 5.32 Å². The Kier molecular flexibility index (Phi) is 9.49. The molecule has 0 aliphatic heterocycles. The zero-order valence-corrected chi connectivity index (χ0v) is 11.0. The van der Waals surface area contributed by atoms with Crippen LogP contribution in [0, 0.1) is 5.92 Å². The van der Waals surface area contributed by atoms with Gasteiger partial charge in [0.1, 0.15) is 0 Å². The van der Waals surface area contributed by atoms with Crippen LogP contribution in [0.2, 0.25) is 0 Å². The van der Waals surface area contributed by atoms with Gasteiger partial charge in [-0.2, -0.15) is 0 Å². The lowest BCUT2D eigenvalue weighted by atomic mass is 9.99. The summed E-state index contributed by atoms with van der Waals surface area (Å²) in [5.74, 6) is -0.382. The smallest absolute Gasteiger partial charge is 0.303 e. The summed E-state index contributed by atoms with van der Waals surface area (Å²) in [6.07, 6.45) is 6.87. The number of carboxylic acid groups (broad SMARTS) is 1. The molecule has 0 aliphatic rings. The number of carboxylic acids is 1. The molecule has 0 fully saturated rings. The minimum absolute atomic E-state index is 0.0347. The minimum Gasteiger partial charge on any atom is -0.481 e. The van der Waals surface area contributed by atoms with Gasteiger partial charge in [0.05, 0.1) is 0 Å². The van der Waals surface area contributed by atoms with E-state index in [2.05, 4.69) is 5.32 Å². The highest BCUT2D eigenvalue weighted by molar-refractivity contribution is 5.72.